The third-order valence-electron chi connectivity index (χ3n) is 6.94. The second-order valence-electron chi connectivity index (χ2n) is 9.43. The molecule has 3 heterocycles. The molecule has 2 N–H and O–H groups in total. The molecular formula is C24H31N3O10. The zero-order valence-electron chi connectivity index (χ0n) is 20.4. The molecule has 0 radical (unpaired) electrons. The van der Waals surface area contributed by atoms with Gasteiger partial charge in [0, 0.05) is 6.54 Å². The number of benzene rings is 1. The van der Waals surface area contributed by atoms with E-state index < -0.39 is 65.5 Å². The largest absolute Gasteiger partial charge is 0.480 e. The molecule has 1 aromatic carbocycles. The van der Waals surface area contributed by atoms with Gasteiger partial charge in [0.2, 0.25) is 5.91 Å². The summed E-state index contributed by atoms with van der Waals surface area (Å²) in [6.45, 7) is 1.86. The Balaban J connectivity index is 1.41. The topological polar surface area (TPSA) is 167 Å². The number of rotatable bonds is 11. The number of aliphatic carboxylic acids is 1. The van der Waals surface area contributed by atoms with Crippen LogP contribution in [0.3, 0.4) is 0 Å². The maximum atomic E-state index is 13.3. The van der Waals surface area contributed by atoms with Gasteiger partial charge in [-0.1, -0.05) is 30.3 Å². The van der Waals surface area contributed by atoms with Gasteiger partial charge in [-0.3, -0.25) is 14.9 Å². The van der Waals surface area contributed by atoms with E-state index in [2.05, 4.69) is 10.2 Å². The maximum absolute atomic E-state index is 13.3. The number of carbonyl (C=O) groups is 3. The van der Waals surface area contributed by atoms with E-state index in [1.54, 1.807) is 6.92 Å². The lowest BCUT2D eigenvalue weighted by Gasteiger charge is -2.28. The summed E-state index contributed by atoms with van der Waals surface area (Å²) in [5.41, 5.74) is 0.995. The summed E-state index contributed by atoms with van der Waals surface area (Å²) < 4.78 is 16.8. The predicted molar refractivity (Wildman–Crippen MR) is 125 cm³/mol. The summed E-state index contributed by atoms with van der Waals surface area (Å²) in [7, 11) is 0. The van der Waals surface area contributed by atoms with Crippen LogP contribution < -0.4 is 5.32 Å². The smallest absolute Gasteiger partial charge is 0.326 e. The molecule has 1 aromatic rings. The monoisotopic (exact) mass is 521 g/mol. The van der Waals surface area contributed by atoms with Crippen molar-refractivity contribution < 1.29 is 43.6 Å². The highest BCUT2D eigenvalue weighted by Gasteiger charge is 2.51. The molecule has 13 heteroatoms. The Hall–Kier alpha value is -3.29. The molecule has 3 aliphatic rings. The average Bonchev–Trinajstić information content (AvgIpc) is 3.60. The standard InChI is InChI=1S/C24H31N3O10/c1-14(22(28)26-11-5-8-17(26)23(29)30)25-16(10-9-15-6-3-2-4-7-15)24(31)36-18-12-34-21-19(37-27(32)33)13-35-20(18)21/h2-4,6-7,14,16-21,25H,5,8-13H2,1H3,(H,29,30)/t14-,16-,17-,18-,19+,20?,21?/m0/s1. The first-order chi connectivity index (χ1) is 17.7. The number of carboxylic acid groups (broad SMARTS) is 1. The van der Waals surface area contributed by atoms with E-state index in [1.807, 2.05) is 30.3 Å². The van der Waals surface area contributed by atoms with Gasteiger partial charge >= 0.3 is 11.9 Å². The van der Waals surface area contributed by atoms with Crippen molar-refractivity contribution in [2.24, 2.45) is 0 Å². The number of amides is 1. The lowest BCUT2D eigenvalue weighted by atomic mass is 10.0. The number of carbonyl (C=O) groups excluding carboxylic acids is 2. The Labute approximate surface area is 213 Å². The Kier molecular flexibility index (Phi) is 8.56. The first kappa shape index (κ1) is 26.8. The van der Waals surface area contributed by atoms with E-state index in [9.17, 15) is 29.6 Å². The first-order valence-corrected chi connectivity index (χ1v) is 12.3. The van der Waals surface area contributed by atoms with Gasteiger partial charge in [-0.15, -0.1) is 10.1 Å². The second-order valence-corrected chi connectivity index (χ2v) is 9.43. The molecule has 0 aromatic heterocycles. The predicted octanol–water partition coefficient (Wildman–Crippen LogP) is 0.328. The van der Waals surface area contributed by atoms with Crippen molar-refractivity contribution >= 4 is 17.8 Å². The molecule has 0 bridgehead atoms. The Morgan fingerprint density at radius 2 is 1.86 bits per heavy atom. The third kappa shape index (κ3) is 6.35. The van der Waals surface area contributed by atoms with E-state index >= 15 is 0 Å². The zero-order valence-corrected chi connectivity index (χ0v) is 20.4. The molecule has 0 saturated carbocycles. The van der Waals surface area contributed by atoms with Gasteiger partial charge in [0.15, 0.2) is 12.2 Å². The van der Waals surface area contributed by atoms with Crippen molar-refractivity contribution in [2.45, 2.75) is 75.1 Å². The average molecular weight is 522 g/mol. The van der Waals surface area contributed by atoms with Crippen molar-refractivity contribution in [3.05, 3.63) is 46.0 Å². The second kappa shape index (κ2) is 11.8. The molecule has 0 spiro atoms. The van der Waals surface area contributed by atoms with Gasteiger partial charge in [0.05, 0.1) is 19.3 Å². The Bertz CT molecular complexity index is 992. The normalized spacial score (nSPS) is 28.4. The van der Waals surface area contributed by atoms with E-state index in [-0.39, 0.29) is 13.2 Å². The zero-order chi connectivity index (χ0) is 26.5. The van der Waals surface area contributed by atoms with E-state index in [0.717, 1.165) is 5.56 Å². The van der Waals surface area contributed by atoms with Crippen LogP contribution in [0.15, 0.2) is 30.3 Å². The number of aryl methyl sites for hydroxylation is 1. The fraction of sp³-hybridized carbons (Fsp3) is 0.625. The summed E-state index contributed by atoms with van der Waals surface area (Å²) in [6, 6.07) is 6.92. The molecule has 7 atom stereocenters. The number of carboxylic acids is 1. The van der Waals surface area contributed by atoms with Crippen molar-refractivity contribution in [1.29, 1.82) is 0 Å². The fourth-order valence-corrected chi connectivity index (χ4v) is 5.10. The van der Waals surface area contributed by atoms with Crippen molar-refractivity contribution in [3.8, 4) is 0 Å². The van der Waals surface area contributed by atoms with Gasteiger partial charge < -0.3 is 29.1 Å². The molecule has 4 rings (SSSR count). The summed E-state index contributed by atoms with van der Waals surface area (Å²) >= 11 is 0. The van der Waals surface area contributed by atoms with Crippen LogP contribution in [0.25, 0.3) is 0 Å². The van der Waals surface area contributed by atoms with Crippen LogP contribution in [0, 0.1) is 10.1 Å². The molecule has 3 saturated heterocycles. The first-order valence-electron chi connectivity index (χ1n) is 12.3. The highest BCUT2D eigenvalue weighted by molar-refractivity contribution is 5.88. The minimum atomic E-state index is -1.05. The van der Waals surface area contributed by atoms with Crippen LogP contribution in [-0.2, 0) is 39.9 Å². The van der Waals surface area contributed by atoms with E-state index in [1.165, 1.54) is 4.90 Å². The number of nitrogens with one attached hydrogen (secondary N) is 1. The number of nitrogens with zero attached hydrogens (tertiary/aromatic N) is 2. The quantitative estimate of drug-likeness (QED) is 0.234. The molecule has 202 valence electrons. The van der Waals surface area contributed by atoms with Crippen LogP contribution in [0.5, 0.6) is 0 Å². The van der Waals surface area contributed by atoms with Gasteiger partial charge in [-0.25, -0.2) is 4.79 Å². The molecule has 3 aliphatic heterocycles. The van der Waals surface area contributed by atoms with Crippen LogP contribution >= 0.6 is 0 Å². The van der Waals surface area contributed by atoms with Crippen molar-refractivity contribution in [3.63, 3.8) is 0 Å². The minimum Gasteiger partial charge on any atom is -0.480 e. The van der Waals surface area contributed by atoms with Crippen LogP contribution in [0.1, 0.15) is 31.7 Å². The number of hydrogen-bond acceptors (Lipinski definition) is 10. The van der Waals surface area contributed by atoms with Gasteiger partial charge in [-0.2, -0.15) is 0 Å². The molecule has 37 heavy (non-hydrogen) atoms. The number of ether oxygens (including phenoxy) is 3. The summed E-state index contributed by atoms with van der Waals surface area (Å²) in [4.78, 5) is 54.5. The molecule has 13 nitrogen and oxygen atoms in total. The van der Waals surface area contributed by atoms with Gasteiger partial charge in [0.1, 0.15) is 24.3 Å². The summed E-state index contributed by atoms with van der Waals surface area (Å²) in [5.74, 6) is -2.07. The van der Waals surface area contributed by atoms with Crippen molar-refractivity contribution in [1.82, 2.24) is 10.2 Å². The SMILES string of the molecule is C[C@H](N[C@@H](CCc1ccccc1)C(=O)O[C@H]1COC2C1OC[C@H]2O[N+](=O)[O-])C(=O)N1CCC[C@H]1C(=O)O. The van der Waals surface area contributed by atoms with E-state index in [4.69, 9.17) is 14.2 Å². The number of hydrogen-bond donors (Lipinski definition) is 2. The minimum absolute atomic E-state index is 0.00733. The van der Waals surface area contributed by atoms with E-state index in [0.29, 0.717) is 32.2 Å². The Morgan fingerprint density at radius 3 is 2.54 bits per heavy atom. The Morgan fingerprint density at radius 1 is 1.19 bits per heavy atom. The molecule has 0 aliphatic carbocycles. The number of likely N-dealkylation sites (tertiary alicyclic amines) is 1. The molecule has 3 fully saturated rings. The lowest BCUT2D eigenvalue weighted by Crippen LogP contribution is -2.53. The van der Waals surface area contributed by atoms with Crippen LogP contribution in [-0.4, -0.2) is 95.2 Å². The highest BCUT2D eigenvalue weighted by atomic mass is 17.0. The highest BCUT2D eigenvalue weighted by Crippen LogP contribution is 2.31. The maximum Gasteiger partial charge on any atom is 0.326 e. The molecular weight excluding hydrogens is 490 g/mol. The third-order valence-corrected chi connectivity index (χ3v) is 6.94. The molecule has 1 amide bonds. The number of fused-ring (bicyclic) bond motifs is 1. The van der Waals surface area contributed by atoms with Crippen molar-refractivity contribution in [2.75, 3.05) is 19.8 Å². The fourth-order valence-electron chi connectivity index (χ4n) is 5.10. The summed E-state index contributed by atoms with van der Waals surface area (Å²) in [6.07, 6.45) is -1.31. The lowest BCUT2D eigenvalue weighted by molar-refractivity contribution is -0.769. The van der Waals surface area contributed by atoms with Gasteiger partial charge in [0.25, 0.3) is 5.09 Å². The number of esters is 1. The van der Waals surface area contributed by atoms with Crippen LogP contribution in [0.2, 0.25) is 0 Å². The van der Waals surface area contributed by atoms with Crippen LogP contribution in [0.4, 0.5) is 0 Å². The summed E-state index contributed by atoms with van der Waals surface area (Å²) in [5, 5.41) is 22.3. The van der Waals surface area contributed by atoms with Gasteiger partial charge in [-0.05, 0) is 38.2 Å². The molecule has 2 unspecified atom stereocenters.